The predicted octanol–water partition coefficient (Wildman–Crippen LogP) is 6.30. The van der Waals surface area contributed by atoms with E-state index < -0.39 is 140 Å². The van der Waals surface area contributed by atoms with Gasteiger partial charge in [-0.15, -0.1) is 0 Å². The molecule has 21 atom stereocenters. The standard InChI is InChI=1S/C38H48O7.C32H45BNO9.CH5NO/c1-21-26(45-34(42)31(40)29(24-14-10-8-11-15-24)25-16-12-9-13-17-25)19-38(43)23(3)32-36(6)20-44-28(36)18-27(39)37(32,7)33(41)22(2)30(21)35(38,4)5;1-16-19(43-28(39)25(37)23(33-15-34-41)18-10-8-7-9-11-18)13-32(40)17(2)26-30(5)14-42-21(30)12-20(35)31(26,6)27(38)24(36)22(16)29(32,3)4;1-2-3/h8-17,22-23,26-29,31-32,39-40,43H,18-20H2,1-7H3;7-11,17,19-21,23-26,34-37,40-41H,12-15H2,1-6H3;2-3H,1H3/t22-,23+,26+,27+,28-,31-,32-,36-,37-,38-;17-,19-,20-,21+,23-,24+,25+,26+,30+,31+,32+;/m10./s1. The SMILES string of the molecule is CC1=C2[C@@H](C)C(=O)[C@@]3(C)[C@H]([C@H](C)[C@](O)(C[C@@H]1OC(=O)[C@H](O)C(c1ccccc1)c1ccccc1)C2(C)C)[C@]1(C)CO[C@@H]1C[C@@H]3O.CC1=C2[C@@H](O)C(=O)[C@@]3(C)[C@H]([C@H](C)[C@](O)(C[C@@H]1OC(=O)[C@H](O)[C@@H]([B]CNO)c1ccccc1)C2(C)C)[C@]1(C)CO[C@@H]1C[C@@H]3O.CNO. The summed E-state index contributed by atoms with van der Waals surface area (Å²) in [5.41, 5.74) is -0.103. The normalized spacial score (nSPS) is 39.4. The van der Waals surface area contributed by atoms with Crippen LogP contribution in [0.4, 0.5) is 0 Å². The zero-order valence-electron chi connectivity index (χ0n) is 55.2. The highest BCUT2D eigenvalue weighted by Crippen LogP contribution is 2.69. The Morgan fingerprint density at radius 3 is 1.37 bits per heavy atom. The molecular formula is C71H98BN2O17. The highest BCUT2D eigenvalue weighted by atomic mass is 16.6. The molecular weight excluding hydrogens is 1160 g/mol. The van der Waals surface area contributed by atoms with Crippen molar-refractivity contribution < 1.29 is 84.3 Å². The van der Waals surface area contributed by atoms with Crippen molar-refractivity contribution in [1.82, 2.24) is 11.0 Å². The Labute approximate surface area is 536 Å². The predicted molar refractivity (Wildman–Crippen MR) is 338 cm³/mol. The fourth-order valence-electron chi connectivity index (χ4n) is 19.5. The van der Waals surface area contributed by atoms with Gasteiger partial charge in [-0.2, -0.15) is 0 Å². The first-order chi connectivity index (χ1) is 42.6. The third-order valence-electron chi connectivity index (χ3n) is 24.5. The molecule has 0 aromatic heterocycles. The van der Waals surface area contributed by atoms with Gasteiger partial charge in [0.25, 0.3) is 0 Å². The molecule has 2 saturated heterocycles. The number of hydroxylamine groups is 2. The average Bonchev–Trinajstić information content (AvgIpc) is 0.687. The molecule has 3 aromatic carbocycles. The number of carbonyl (C=O) groups is 4. The van der Waals surface area contributed by atoms with E-state index >= 15 is 0 Å². The molecule has 0 unspecified atom stereocenters. The Morgan fingerprint density at radius 2 is 0.978 bits per heavy atom. The lowest BCUT2D eigenvalue weighted by Crippen LogP contribution is -2.75. The van der Waals surface area contributed by atoms with Crippen LogP contribution >= 0.6 is 0 Å². The second-order valence-corrected chi connectivity index (χ2v) is 29.6. The van der Waals surface area contributed by atoms with Crippen molar-refractivity contribution in [2.45, 2.75) is 194 Å². The molecule has 4 bridgehead atoms. The van der Waals surface area contributed by atoms with E-state index in [9.17, 15) is 54.9 Å². The fraction of sp³-hybridized carbons (Fsp3) is 0.634. The lowest BCUT2D eigenvalue weighted by Gasteiger charge is -2.68. The van der Waals surface area contributed by atoms with Gasteiger partial charge in [0.05, 0.1) is 59.7 Å². The van der Waals surface area contributed by atoms with Crippen LogP contribution in [-0.4, -0.2) is 170 Å². The molecule has 2 heterocycles. The Hall–Kier alpha value is -5.04. The minimum absolute atomic E-state index is 0.00561. The van der Waals surface area contributed by atoms with Gasteiger partial charge in [-0.1, -0.05) is 153 Å². The Bertz CT molecular complexity index is 3200. The van der Waals surface area contributed by atoms with E-state index in [-0.39, 0.29) is 55.2 Å². The second kappa shape index (κ2) is 25.6. The summed E-state index contributed by atoms with van der Waals surface area (Å²) in [4.78, 5) is 56.4. The highest BCUT2D eigenvalue weighted by molar-refractivity contribution is 6.39. The zero-order valence-corrected chi connectivity index (χ0v) is 55.2. The number of benzene rings is 3. The van der Waals surface area contributed by atoms with Gasteiger partial charge in [0.2, 0.25) is 0 Å². The molecule has 497 valence electrons. The Morgan fingerprint density at radius 1 is 0.604 bits per heavy atom. The Balaban J connectivity index is 0.000000207. The summed E-state index contributed by atoms with van der Waals surface area (Å²) in [5, 5.41) is 99.7. The molecule has 91 heavy (non-hydrogen) atoms. The molecule has 11 rings (SSSR count). The summed E-state index contributed by atoms with van der Waals surface area (Å²) in [6.07, 6.45) is -8.38. The van der Waals surface area contributed by atoms with Crippen LogP contribution in [-0.2, 0) is 38.1 Å². The summed E-state index contributed by atoms with van der Waals surface area (Å²) in [7, 11) is 2.99. The molecule has 19 nitrogen and oxygen atoms in total. The summed E-state index contributed by atoms with van der Waals surface area (Å²) >= 11 is 0. The number of Topliss-reactive ketones (excluding diaryl/α,β-unsaturated/α-hetero) is 2. The number of nitrogens with one attached hydrogen (secondary N) is 2. The van der Waals surface area contributed by atoms with Crippen LogP contribution in [0.3, 0.4) is 0 Å². The van der Waals surface area contributed by atoms with Crippen molar-refractivity contribution in [2.24, 2.45) is 62.1 Å². The number of hydrogen-bond acceptors (Lipinski definition) is 19. The van der Waals surface area contributed by atoms with Crippen molar-refractivity contribution in [2.75, 3.05) is 26.7 Å². The van der Waals surface area contributed by atoms with Crippen LogP contribution in [0.2, 0.25) is 0 Å². The van der Waals surface area contributed by atoms with E-state index in [2.05, 4.69) is 6.92 Å². The summed E-state index contributed by atoms with van der Waals surface area (Å²) in [5.74, 6) is -6.30. The lowest BCUT2D eigenvalue weighted by molar-refractivity contribution is -0.302. The third-order valence-corrected chi connectivity index (χ3v) is 24.5. The molecule has 3 aromatic rings. The van der Waals surface area contributed by atoms with E-state index in [0.717, 1.165) is 22.3 Å². The number of rotatable bonds is 12. The minimum Gasteiger partial charge on any atom is -0.456 e. The van der Waals surface area contributed by atoms with Crippen molar-refractivity contribution in [3.8, 4) is 0 Å². The van der Waals surface area contributed by atoms with E-state index in [0.29, 0.717) is 30.8 Å². The third kappa shape index (κ3) is 11.0. The average molecular weight is 1260 g/mol. The largest absolute Gasteiger partial charge is 0.456 e. The van der Waals surface area contributed by atoms with Crippen LogP contribution in [0, 0.1) is 62.1 Å². The van der Waals surface area contributed by atoms with Gasteiger partial charge < -0.3 is 65.1 Å². The highest BCUT2D eigenvalue weighted by Gasteiger charge is 2.75. The van der Waals surface area contributed by atoms with Crippen LogP contribution in [0.15, 0.2) is 113 Å². The molecule has 11 N–H and O–H groups in total. The van der Waals surface area contributed by atoms with E-state index in [4.69, 9.17) is 29.4 Å². The molecule has 4 saturated carbocycles. The minimum atomic E-state index is -1.65. The first-order valence-corrected chi connectivity index (χ1v) is 32.2. The van der Waals surface area contributed by atoms with E-state index in [1.54, 1.807) is 64.7 Å². The first kappa shape index (κ1) is 70.3. The van der Waals surface area contributed by atoms with Gasteiger partial charge in [0.15, 0.2) is 18.0 Å². The molecule has 0 amide bonds. The van der Waals surface area contributed by atoms with Gasteiger partial charge in [-0.25, -0.2) is 20.5 Å². The number of aliphatic hydroxyl groups excluding tert-OH is 5. The van der Waals surface area contributed by atoms with Crippen molar-refractivity contribution in [1.29, 1.82) is 0 Å². The number of carbonyl (C=O) groups excluding carboxylic acids is 4. The van der Waals surface area contributed by atoms with Gasteiger partial charge in [0, 0.05) is 66.2 Å². The number of ketones is 2. The lowest BCUT2D eigenvalue weighted by atomic mass is 9.40. The van der Waals surface area contributed by atoms with Crippen LogP contribution < -0.4 is 11.0 Å². The Kier molecular flexibility index (Phi) is 19.8. The monoisotopic (exact) mass is 1260 g/mol. The number of aliphatic hydroxyl groups is 7. The molecule has 20 heteroatoms. The molecule has 2 aliphatic heterocycles. The van der Waals surface area contributed by atoms with Crippen LogP contribution in [0.25, 0.3) is 0 Å². The number of esters is 2. The zero-order chi connectivity index (χ0) is 67.1. The maximum Gasteiger partial charge on any atom is 0.336 e. The number of ether oxygens (including phenoxy) is 4. The number of fused-ring (bicyclic) bond motifs is 10. The summed E-state index contributed by atoms with van der Waals surface area (Å²) in [6.45, 7) is 25.4. The van der Waals surface area contributed by atoms with Gasteiger partial charge in [-0.3, -0.25) is 9.59 Å². The van der Waals surface area contributed by atoms with Gasteiger partial charge in [-0.05, 0) is 103 Å². The van der Waals surface area contributed by atoms with Gasteiger partial charge >= 0.3 is 11.9 Å². The molecule has 1 radical (unpaired) electrons. The van der Waals surface area contributed by atoms with Gasteiger partial charge in [0.1, 0.15) is 31.4 Å². The molecule has 6 aliphatic carbocycles. The molecule has 8 aliphatic rings. The maximum atomic E-state index is 14.6. The number of hydrogen-bond donors (Lipinski definition) is 11. The smallest absolute Gasteiger partial charge is 0.336 e. The topological polar surface area (TPSA) is 311 Å². The first-order valence-electron chi connectivity index (χ1n) is 32.2. The van der Waals surface area contributed by atoms with Crippen molar-refractivity contribution >= 4 is 30.8 Å². The van der Waals surface area contributed by atoms with Crippen molar-refractivity contribution in [3.63, 3.8) is 0 Å². The molecule has 6 fully saturated rings. The summed E-state index contributed by atoms with van der Waals surface area (Å²) in [6, 6.07) is 27.7. The quantitative estimate of drug-likeness (QED) is 0.0410. The second-order valence-electron chi connectivity index (χ2n) is 29.6. The van der Waals surface area contributed by atoms with Crippen LogP contribution in [0.5, 0.6) is 0 Å². The van der Waals surface area contributed by atoms with Crippen molar-refractivity contribution in [3.05, 3.63) is 130 Å². The maximum absolute atomic E-state index is 14.6. The molecule has 0 spiro atoms. The fourth-order valence-corrected chi connectivity index (χ4v) is 19.5. The summed E-state index contributed by atoms with van der Waals surface area (Å²) < 4.78 is 23.9. The van der Waals surface area contributed by atoms with E-state index in [1.807, 2.05) is 128 Å². The van der Waals surface area contributed by atoms with Crippen LogP contribution in [0.1, 0.15) is 144 Å². The van der Waals surface area contributed by atoms with E-state index in [1.165, 1.54) is 7.05 Å².